The molecule has 1 saturated heterocycles. The van der Waals surface area contributed by atoms with Crippen LogP contribution in [0.3, 0.4) is 0 Å². The highest BCUT2D eigenvalue weighted by molar-refractivity contribution is 14.0. The van der Waals surface area contributed by atoms with Crippen LogP contribution in [-0.4, -0.2) is 70.6 Å². The Balaban J connectivity index is 0.00000450. The Morgan fingerprint density at radius 2 is 2.03 bits per heavy atom. The standard InChI is InChI=1S/C20H31F3N4O2.HI/c1-15-4-5-17(18(10-15)29-9-8-28-3)12-26-19(24-2)25-11-16-6-7-27(13-16)14-20(21,22)23;/h4-5,10,16H,6-9,11-14H2,1-3H3,(H2,24,25,26);1H. The summed E-state index contributed by atoms with van der Waals surface area (Å²) in [4.78, 5) is 5.66. The minimum atomic E-state index is -4.14. The smallest absolute Gasteiger partial charge is 0.401 e. The molecule has 0 amide bonds. The van der Waals surface area contributed by atoms with Crippen molar-refractivity contribution < 1.29 is 22.6 Å². The minimum Gasteiger partial charge on any atom is -0.491 e. The minimum absolute atomic E-state index is 0. The molecule has 1 aromatic carbocycles. The Hall–Kier alpha value is -1.27. The molecule has 1 unspecified atom stereocenters. The van der Waals surface area contributed by atoms with Gasteiger partial charge in [0.15, 0.2) is 5.96 Å². The predicted molar refractivity (Wildman–Crippen MR) is 123 cm³/mol. The molecule has 1 aliphatic rings. The zero-order valence-corrected chi connectivity index (χ0v) is 20.0. The lowest BCUT2D eigenvalue weighted by Gasteiger charge is -2.19. The normalized spacial score (nSPS) is 17.5. The van der Waals surface area contributed by atoms with Crippen molar-refractivity contribution in [3.8, 4) is 5.75 Å². The Morgan fingerprint density at radius 1 is 1.27 bits per heavy atom. The molecule has 1 aliphatic heterocycles. The van der Waals surface area contributed by atoms with Gasteiger partial charge >= 0.3 is 6.18 Å². The summed E-state index contributed by atoms with van der Waals surface area (Å²) in [5.41, 5.74) is 2.10. The van der Waals surface area contributed by atoms with Crippen LogP contribution in [0.4, 0.5) is 13.2 Å². The number of rotatable bonds is 9. The van der Waals surface area contributed by atoms with Crippen molar-refractivity contribution in [2.45, 2.75) is 26.1 Å². The molecular formula is C20H32F3IN4O2. The fourth-order valence-corrected chi connectivity index (χ4v) is 3.29. The third-order valence-corrected chi connectivity index (χ3v) is 4.77. The van der Waals surface area contributed by atoms with Gasteiger partial charge in [0.25, 0.3) is 0 Å². The number of hydrogen-bond donors (Lipinski definition) is 2. The number of alkyl halides is 3. The van der Waals surface area contributed by atoms with Crippen molar-refractivity contribution >= 4 is 29.9 Å². The van der Waals surface area contributed by atoms with Gasteiger partial charge in [0.2, 0.25) is 0 Å². The van der Waals surface area contributed by atoms with Gasteiger partial charge in [-0.05, 0) is 37.4 Å². The molecule has 6 nitrogen and oxygen atoms in total. The molecule has 2 rings (SSSR count). The highest BCUT2D eigenvalue weighted by Crippen LogP contribution is 2.22. The van der Waals surface area contributed by atoms with E-state index in [-0.39, 0.29) is 29.9 Å². The van der Waals surface area contributed by atoms with E-state index in [9.17, 15) is 13.2 Å². The monoisotopic (exact) mass is 544 g/mol. The molecule has 2 N–H and O–H groups in total. The van der Waals surface area contributed by atoms with Gasteiger partial charge in [0.1, 0.15) is 12.4 Å². The highest BCUT2D eigenvalue weighted by atomic mass is 127. The van der Waals surface area contributed by atoms with Crippen molar-refractivity contribution in [2.75, 3.05) is 53.6 Å². The van der Waals surface area contributed by atoms with Crippen LogP contribution in [0.1, 0.15) is 17.5 Å². The van der Waals surface area contributed by atoms with E-state index < -0.39 is 12.7 Å². The number of hydrogen-bond acceptors (Lipinski definition) is 4. The number of methoxy groups -OCH3 is 1. The van der Waals surface area contributed by atoms with E-state index >= 15 is 0 Å². The van der Waals surface area contributed by atoms with E-state index in [2.05, 4.69) is 15.6 Å². The number of likely N-dealkylation sites (tertiary alicyclic amines) is 1. The zero-order valence-electron chi connectivity index (χ0n) is 17.7. The van der Waals surface area contributed by atoms with E-state index in [1.54, 1.807) is 14.2 Å². The van der Waals surface area contributed by atoms with Crippen molar-refractivity contribution in [1.29, 1.82) is 0 Å². The van der Waals surface area contributed by atoms with Crippen LogP contribution in [0, 0.1) is 12.8 Å². The summed E-state index contributed by atoms with van der Waals surface area (Å²) >= 11 is 0. The van der Waals surface area contributed by atoms with Gasteiger partial charge in [0, 0.05) is 39.4 Å². The number of benzene rings is 1. The molecular weight excluding hydrogens is 512 g/mol. The van der Waals surface area contributed by atoms with Crippen LogP contribution in [-0.2, 0) is 11.3 Å². The fourth-order valence-electron chi connectivity index (χ4n) is 3.29. The summed E-state index contributed by atoms with van der Waals surface area (Å²) < 4.78 is 48.4. The molecule has 0 saturated carbocycles. The molecule has 30 heavy (non-hydrogen) atoms. The fraction of sp³-hybridized carbons (Fsp3) is 0.650. The van der Waals surface area contributed by atoms with Crippen LogP contribution in [0.15, 0.2) is 23.2 Å². The predicted octanol–water partition coefficient (Wildman–Crippen LogP) is 3.19. The Kier molecular flexibility index (Phi) is 11.8. The number of nitrogens with one attached hydrogen (secondary N) is 2. The second-order valence-corrected chi connectivity index (χ2v) is 7.26. The SMILES string of the molecule is CN=C(NCc1ccc(C)cc1OCCOC)NCC1CCN(CC(F)(F)F)C1.I. The first-order valence-electron chi connectivity index (χ1n) is 9.75. The zero-order chi connectivity index (χ0) is 21.3. The third kappa shape index (κ3) is 9.69. The van der Waals surface area contributed by atoms with Gasteiger partial charge in [-0.3, -0.25) is 9.89 Å². The van der Waals surface area contributed by atoms with Crippen LogP contribution < -0.4 is 15.4 Å². The van der Waals surface area contributed by atoms with Crippen molar-refractivity contribution in [2.24, 2.45) is 10.9 Å². The van der Waals surface area contributed by atoms with Gasteiger partial charge in [-0.25, -0.2) is 0 Å². The van der Waals surface area contributed by atoms with Gasteiger partial charge in [-0.15, -0.1) is 24.0 Å². The lowest BCUT2D eigenvalue weighted by atomic mass is 10.1. The van der Waals surface area contributed by atoms with Crippen molar-refractivity contribution in [1.82, 2.24) is 15.5 Å². The molecule has 172 valence electrons. The number of ether oxygens (including phenoxy) is 2. The van der Waals surface area contributed by atoms with Gasteiger partial charge in [-0.2, -0.15) is 13.2 Å². The summed E-state index contributed by atoms with van der Waals surface area (Å²) in [5, 5.41) is 6.46. The number of guanidine groups is 1. The average Bonchev–Trinajstić information content (AvgIpc) is 3.09. The highest BCUT2D eigenvalue weighted by Gasteiger charge is 2.34. The summed E-state index contributed by atoms with van der Waals surface area (Å²) in [5.74, 6) is 1.58. The first-order valence-corrected chi connectivity index (χ1v) is 9.75. The molecule has 10 heteroatoms. The number of nitrogens with zero attached hydrogens (tertiary/aromatic N) is 2. The molecule has 0 aliphatic carbocycles. The maximum atomic E-state index is 12.5. The van der Waals surface area contributed by atoms with Gasteiger partial charge in [-0.1, -0.05) is 12.1 Å². The molecule has 1 fully saturated rings. The van der Waals surface area contributed by atoms with E-state index in [1.807, 2.05) is 25.1 Å². The topological polar surface area (TPSA) is 58.1 Å². The second kappa shape index (κ2) is 13.2. The first-order chi connectivity index (χ1) is 13.8. The van der Waals surface area contributed by atoms with E-state index in [4.69, 9.17) is 9.47 Å². The number of halogens is 4. The largest absolute Gasteiger partial charge is 0.491 e. The van der Waals surface area contributed by atoms with E-state index in [0.29, 0.717) is 45.4 Å². The first kappa shape index (κ1) is 26.8. The molecule has 0 bridgehead atoms. The Morgan fingerprint density at radius 3 is 2.70 bits per heavy atom. The molecule has 0 spiro atoms. The lowest BCUT2D eigenvalue weighted by Crippen LogP contribution is -2.40. The maximum absolute atomic E-state index is 12.5. The molecule has 1 heterocycles. The Bertz CT molecular complexity index is 674. The summed E-state index contributed by atoms with van der Waals surface area (Å²) in [7, 11) is 3.30. The average molecular weight is 544 g/mol. The van der Waals surface area contributed by atoms with Crippen LogP contribution in [0.25, 0.3) is 0 Å². The van der Waals surface area contributed by atoms with Crippen molar-refractivity contribution in [3.63, 3.8) is 0 Å². The lowest BCUT2D eigenvalue weighted by molar-refractivity contribution is -0.143. The van der Waals surface area contributed by atoms with Crippen LogP contribution in [0.5, 0.6) is 5.75 Å². The number of aliphatic imine (C=N–C) groups is 1. The molecule has 0 aromatic heterocycles. The van der Waals surface area contributed by atoms with Gasteiger partial charge < -0.3 is 20.1 Å². The Labute approximate surface area is 193 Å². The maximum Gasteiger partial charge on any atom is 0.401 e. The van der Waals surface area contributed by atoms with Crippen LogP contribution >= 0.6 is 24.0 Å². The van der Waals surface area contributed by atoms with E-state index in [0.717, 1.165) is 23.3 Å². The summed E-state index contributed by atoms with van der Waals surface area (Å²) in [6, 6.07) is 6.00. The van der Waals surface area contributed by atoms with E-state index in [1.165, 1.54) is 4.90 Å². The second-order valence-electron chi connectivity index (χ2n) is 7.26. The number of aryl methyl sites for hydroxylation is 1. The molecule has 1 aromatic rings. The summed E-state index contributed by atoms with van der Waals surface area (Å²) in [6.45, 7) is 4.17. The molecule has 1 atom stereocenters. The van der Waals surface area contributed by atoms with Crippen molar-refractivity contribution in [3.05, 3.63) is 29.3 Å². The third-order valence-electron chi connectivity index (χ3n) is 4.77. The summed E-state index contributed by atoms with van der Waals surface area (Å²) in [6.07, 6.45) is -3.40. The molecule has 0 radical (unpaired) electrons. The van der Waals surface area contributed by atoms with Crippen LogP contribution in [0.2, 0.25) is 0 Å². The quantitative estimate of drug-likeness (QED) is 0.217. The van der Waals surface area contributed by atoms with Gasteiger partial charge in [0.05, 0.1) is 13.2 Å².